The Hall–Kier alpha value is -2.06. The lowest BCUT2D eigenvalue weighted by Crippen LogP contribution is -2.32. The second kappa shape index (κ2) is 8.36. The molecule has 0 bridgehead atoms. The van der Waals surface area contributed by atoms with Gasteiger partial charge < -0.3 is 9.30 Å². The number of imidazole rings is 1. The lowest BCUT2D eigenvalue weighted by Gasteiger charge is -2.21. The number of nitrogens with one attached hydrogen (secondary N) is 1. The summed E-state index contributed by atoms with van der Waals surface area (Å²) in [5, 5.41) is 0.484. The molecule has 154 valence electrons. The van der Waals surface area contributed by atoms with E-state index >= 15 is 0 Å². The Morgan fingerprint density at radius 2 is 1.83 bits per heavy atom. The van der Waals surface area contributed by atoms with Crippen molar-refractivity contribution in [2.75, 3.05) is 7.11 Å². The first-order valence-electron chi connectivity index (χ1n) is 8.74. The third kappa shape index (κ3) is 4.28. The lowest BCUT2D eigenvalue weighted by atomic mass is 10.1. The van der Waals surface area contributed by atoms with Crippen LogP contribution in [0.5, 0.6) is 5.75 Å². The van der Waals surface area contributed by atoms with Gasteiger partial charge in [-0.3, -0.25) is 0 Å². The highest BCUT2D eigenvalue weighted by atomic mass is 35.5. The van der Waals surface area contributed by atoms with Crippen molar-refractivity contribution in [3.8, 4) is 5.75 Å². The molecule has 9 heteroatoms. The van der Waals surface area contributed by atoms with Gasteiger partial charge in [-0.25, -0.2) is 13.4 Å². The molecule has 1 N–H and O–H groups in total. The van der Waals surface area contributed by atoms with Gasteiger partial charge in [0, 0.05) is 24.5 Å². The van der Waals surface area contributed by atoms with Crippen LogP contribution in [-0.2, 0) is 17.1 Å². The van der Waals surface area contributed by atoms with Crippen molar-refractivity contribution in [3.63, 3.8) is 0 Å². The first kappa shape index (κ1) is 21.6. The molecule has 0 aliphatic carbocycles. The van der Waals surface area contributed by atoms with Gasteiger partial charge in [-0.05, 0) is 48.7 Å². The average molecular weight is 454 g/mol. The van der Waals surface area contributed by atoms with E-state index in [0.29, 0.717) is 33.3 Å². The van der Waals surface area contributed by atoms with Gasteiger partial charge >= 0.3 is 0 Å². The highest BCUT2D eigenvalue weighted by molar-refractivity contribution is 7.89. The number of hydrogen-bond acceptors (Lipinski definition) is 4. The van der Waals surface area contributed by atoms with Crippen LogP contribution in [0.1, 0.15) is 28.6 Å². The van der Waals surface area contributed by atoms with E-state index in [9.17, 15) is 8.42 Å². The van der Waals surface area contributed by atoms with E-state index in [1.54, 1.807) is 75.3 Å². The van der Waals surface area contributed by atoms with Crippen LogP contribution in [0.15, 0.2) is 47.6 Å². The van der Waals surface area contributed by atoms with Crippen LogP contribution in [0.3, 0.4) is 0 Å². The molecule has 1 atom stereocenters. The topological polar surface area (TPSA) is 73.2 Å². The molecule has 0 amide bonds. The van der Waals surface area contributed by atoms with Gasteiger partial charge in [-0.1, -0.05) is 35.3 Å². The van der Waals surface area contributed by atoms with Crippen molar-refractivity contribution in [3.05, 3.63) is 75.3 Å². The van der Waals surface area contributed by atoms with Crippen molar-refractivity contribution >= 4 is 33.2 Å². The molecule has 0 radical (unpaired) electrons. The number of aryl methyl sites for hydroxylation is 2. The summed E-state index contributed by atoms with van der Waals surface area (Å²) in [6.45, 7) is 3.34. The number of halogens is 2. The van der Waals surface area contributed by atoms with E-state index in [0.717, 1.165) is 0 Å². The highest BCUT2D eigenvalue weighted by Crippen LogP contribution is 2.35. The maximum absolute atomic E-state index is 13.4. The third-order valence-electron chi connectivity index (χ3n) is 4.70. The molecule has 1 heterocycles. The number of sulfonamides is 1. The number of benzene rings is 2. The van der Waals surface area contributed by atoms with Crippen LogP contribution in [0.2, 0.25) is 10.0 Å². The van der Waals surface area contributed by atoms with Gasteiger partial charge in [0.2, 0.25) is 10.0 Å². The van der Waals surface area contributed by atoms with Crippen LogP contribution in [-0.4, -0.2) is 25.1 Å². The number of nitrogens with zero attached hydrogens (tertiary/aromatic N) is 2. The Balaban J connectivity index is 2.12. The SMILES string of the molecule is COc1ccc(C(NS(=O)(=O)c2c(C)c(Cl)cc(C)c2Cl)c2nccn2C)cc1. The molecule has 1 aromatic heterocycles. The minimum absolute atomic E-state index is 0.0307. The summed E-state index contributed by atoms with van der Waals surface area (Å²) in [4.78, 5) is 4.31. The zero-order chi connectivity index (χ0) is 21.3. The van der Waals surface area contributed by atoms with E-state index in [2.05, 4.69) is 9.71 Å². The van der Waals surface area contributed by atoms with Crippen molar-refractivity contribution < 1.29 is 13.2 Å². The Morgan fingerprint density at radius 1 is 1.17 bits per heavy atom. The summed E-state index contributed by atoms with van der Waals surface area (Å²) >= 11 is 12.6. The molecule has 2 aromatic carbocycles. The summed E-state index contributed by atoms with van der Waals surface area (Å²) in [6, 6.07) is 8.03. The second-order valence-corrected chi connectivity index (χ2v) is 9.10. The molecular weight excluding hydrogens is 433 g/mol. The number of ether oxygens (including phenoxy) is 1. The maximum atomic E-state index is 13.4. The predicted molar refractivity (Wildman–Crippen MR) is 114 cm³/mol. The molecule has 3 aromatic rings. The maximum Gasteiger partial charge on any atom is 0.243 e. The molecule has 0 saturated carbocycles. The highest BCUT2D eigenvalue weighted by Gasteiger charge is 2.30. The molecule has 0 aliphatic heterocycles. The smallest absolute Gasteiger partial charge is 0.243 e. The Bertz CT molecular complexity index is 1120. The molecule has 0 spiro atoms. The molecule has 1 unspecified atom stereocenters. The summed E-state index contributed by atoms with van der Waals surface area (Å²) in [5.41, 5.74) is 1.68. The first-order valence-corrected chi connectivity index (χ1v) is 11.0. The fourth-order valence-corrected chi connectivity index (χ4v) is 5.46. The van der Waals surface area contributed by atoms with Crippen molar-refractivity contribution in [1.82, 2.24) is 14.3 Å². The first-order chi connectivity index (χ1) is 13.7. The molecule has 29 heavy (non-hydrogen) atoms. The van der Waals surface area contributed by atoms with E-state index < -0.39 is 16.1 Å². The van der Waals surface area contributed by atoms with E-state index in [1.165, 1.54) is 0 Å². The Morgan fingerprint density at radius 3 is 2.38 bits per heavy atom. The normalized spacial score (nSPS) is 12.8. The van der Waals surface area contributed by atoms with Gasteiger partial charge in [0.05, 0.1) is 12.1 Å². The quantitative estimate of drug-likeness (QED) is 0.599. The molecule has 0 saturated heterocycles. The van der Waals surface area contributed by atoms with Crippen LogP contribution in [0, 0.1) is 13.8 Å². The summed E-state index contributed by atoms with van der Waals surface area (Å²) in [7, 11) is -0.653. The molecule has 0 fully saturated rings. The standard InChI is InChI=1S/C20H21Cl2N3O3S/c1-12-11-16(21)13(2)19(17(12)22)29(26,27)24-18(20-23-9-10-25(20)3)14-5-7-15(28-4)8-6-14/h5-11,18,24H,1-4H3. The van der Waals surface area contributed by atoms with Gasteiger partial charge in [0.25, 0.3) is 0 Å². The summed E-state index contributed by atoms with van der Waals surface area (Å²) in [5.74, 6) is 1.20. The minimum atomic E-state index is -4.02. The number of hydrogen-bond donors (Lipinski definition) is 1. The fourth-order valence-electron chi connectivity index (χ4n) is 3.07. The largest absolute Gasteiger partial charge is 0.497 e. The summed E-state index contributed by atoms with van der Waals surface area (Å²) in [6.07, 6.45) is 3.36. The van der Waals surface area contributed by atoms with Crippen LogP contribution >= 0.6 is 23.2 Å². The second-order valence-electron chi connectivity index (χ2n) is 6.67. The minimum Gasteiger partial charge on any atom is -0.497 e. The van der Waals surface area contributed by atoms with Gasteiger partial charge in [0.15, 0.2) is 0 Å². The van der Waals surface area contributed by atoms with Gasteiger partial charge in [-0.15, -0.1) is 0 Å². The van der Waals surface area contributed by atoms with E-state index in [4.69, 9.17) is 27.9 Å². The predicted octanol–water partition coefficient (Wildman–Crippen LogP) is 4.42. The van der Waals surface area contributed by atoms with Crippen LogP contribution in [0.4, 0.5) is 0 Å². The van der Waals surface area contributed by atoms with Crippen molar-refractivity contribution in [1.29, 1.82) is 0 Å². The third-order valence-corrected chi connectivity index (χ3v) is 7.28. The fraction of sp³-hybridized carbons (Fsp3) is 0.250. The molecule has 6 nitrogen and oxygen atoms in total. The van der Waals surface area contributed by atoms with Crippen molar-refractivity contribution in [2.24, 2.45) is 7.05 Å². The number of aromatic nitrogens is 2. The number of methoxy groups -OCH3 is 1. The lowest BCUT2D eigenvalue weighted by molar-refractivity contribution is 0.414. The monoisotopic (exact) mass is 453 g/mol. The number of rotatable bonds is 6. The Kier molecular flexibility index (Phi) is 6.24. The van der Waals surface area contributed by atoms with Crippen molar-refractivity contribution in [2.45, 2.75) is 24.8 Å². The zero-order valence-corrected chi connectivity index (χ0v) is 18.7. The Labute approximate surface area is 180 Å². The van der Waals surface area contributed by atoms with E-state index in [-0.39, 0.29) is 9.92 Å². The van der Waals surface area contributed by atoms with Gasteiger partial charge in [-0.2, -0.15) is 4.72 Å². The van der Waals surface area contributed by atoms with Crippen LogP contribution < -0.4 is 9.46 Å². The van der Waals surface area contributed by atoms with Gasteiger partial charge in [0.1, 0.15) is 22.5 Å². The molecule has 3 rings (SSSR count). The van der Waals surface area contributed by atoms with Crippen LogP contribution in [0.25, 0.3) is 0 Å². The van der Waals surface area contributed by atoms with E-state index in [1.807, 2.05) is 0 Å². The zero-order valence-electron chi connectivity index (χ0n) is 16.4. The summed E-state index contributed by atoms with van der Waals surface area (Å²) < 4.78 is 36.5. The molecule has 0 aliphatic rings. The molecular formula is C20H21Cl2N3O3S. The average Bonchev–Trinajstić information content (AvgIpc) is 3.10.